The summed E-state index contributed by atoms with van der Waals surface area (Å²) < 4.78 is 14.1. The van der Waals surface area contributed by atoms with Crippen LogP contribution in [0.2, 0.25) is 5.02 Å². The van der Waals surface area contributed by atoms with Crippen LogP contribution in [0.5, 0.6) is 5.75 Å². The van der Waals surface area contributed by atoms with Crippen LogP contribution < -0.4 is 10.2 Å². The molecular formula is C23H14Br2ClIN2O3. The van der Waals surface area contributed by atoms with Gasteiger partial charge in [-0.1, -0.05) is 39.7 Å². The number of nitrogens with one attached hydrogen (secondary N) is 1. The Balaban J connectivity index is 1.41. The number of fused-ring (bicyclic) bond motifs is 1. The molecule has 4 aromatic rings. The molecule has 0 radical (unpaired) electrons. The van der Waals surface area contributed by atoms with Gasteiger partial charge in [0, 0.05) is 14.9 Å². The SMILES string of the molecule is O=C(N/N=C/c1cc(Br)c(OCc2ccc(Cl)cc2)c(I)c1)c1cc2cc(Br)ccc2o1. The first-order valence-corrected chi connectivity index (χ1v) is 12.3. The number of halogens is 4. The van der Waals surface area contributed by atoms with E-state index < -0.39 is 5.91 Å². The zero-order chi connectivity index (χ0) is 22.7. The molecule has 1 heterocycles. The minimum atomic E-state index is -0.426. The van der Waals surface area contributed by atoms with E-state index in [9.17, 15) is 4.79 Å². The van der Waals surface area contributed by atoms with Gasteiger partial charge in [0.1, 0.15) is 17.9 Å². The summed E-state index contributed by atoms with van der Waals surface area (Å²) in [5.41, 5.74) is 4.94. The summed E-state index contributed by atoms with van der Waals surface area (Å²) in [5.74, 6) is 0.498. The van der Waals surface area contributed by atoms with Crippen molar-refractivity contribution in [3.8, 4) is 5.75 Å². The minimum Gasteiger partial charge on any atom is -0.487 e. The molecule has 0 saturated carbocycles. The monoisotopic (exact) mass is 686 g/mol. The smallest absolute Gasteiger partial charge is 0.307 e. The normalized spacial score (nSPS) is 11.2. The van der Waals surface area contributed by atoms with E-state index in [0.29, 0.717) is 17.2 Å². The van der Waals surface area contributed by atoms with Crippen molar-refractivity contribution in [3.63, 3.8) is 0 Å². The molecule has 3 aromatic carbocycles. The van der Waals surface area contributed by atoms with Gasteiger partial charge < -0.3 is 9.15 Å². The molecule has 5 nitrogen and oxygen atoms in total. The van der Waals surface area contributed by atoms with Crippen molar-refractivity contribution < 1.29 is 13.9 Å². The fraction of sp³-hybridized carbons (Fsp3) is 0.0435. The van der Waals surface area contributed by atoms with Gasteiger partial charge in [0.05, 0.1) is 14.3 Å². The van der Waals surface area contributed by atoms with Crippen molar-refractivity contribution in [1.82, 2.24) is 5.43 Å². The van der Waals surface area contributed by atoms with Gasteiger partial charge in [-0.15, -0.1) is 0 Å². The molecule has 0 atom stereocenters. The molecule has 0 saturated heterocycles. The number of hydrazone groups is 1. The Morgan fingerprint density at radius 1 is 1.12 bits per heavy atom. The molecular weight excluding hydrogens is 674 g/mol. The largest absolute Gasteiger partial charge is 0.487 e. The maximum Gasteiger partial charge on any atom is 0.307 e. The Morgan fingerprint density at radius 3 is 2.66 bits per heavy atom. The van der Waals surface area contributed by atoms with Crippen LogP contribution in [0.25, 0.3) is 11.0 Å². The topological polar surface area (TPSA) is 63.8 Å². The Hall–Kier alpha value is -1.88. The van der Waals surface area contributed by atoms with Gasteiger partial charge in [-0.25, -0.2) is 5.43 Å². The van der Waals surface area contributed by atoms with Gasteiger partial charge in [-0.2, -0.15) is 5.10 Å². The van der Waals surface area contributed by atoms with Crippen LogP contribution in [-0.4, -0.2) is 12.1 Å². The van der Waals surface area contributed by atoms with Gasteiger partial charge in [0.2, 0.25) is 0 Å². The summed E-state index contributed by atoms with van der Waals surface area (Å²) in [6.07, 6.45) is 1.56. The first-order chi connectivity index (χ1) is 15.4. The van der Waals surface area contributed by atoms with Crippen LogP contribution in [-0.2, 0) is 6.61 Å². The van der Waals surface area contributed by atoms with Crippen molar-refractivity contribution in [2.24, 2.45) is 5.10 Å². The number of ether oxygens (including phenoxy) is 1. The third kappa shape index (κ3) is 5.72. The molecule has 4 rings (SSSR count). The zero-order valence-corrected chi connectivity index (χ0v) is 22.3. The van der Waals surface area contributed by atoms with Gasteiger partial charge in [0.25, 0.3) is 0 Å². The van der Waals surface area contributed by atoms with Crippen LogP contribution in [0, 0.1) is 3.57 Å². The van der Waals surface area contributed by atoms with Gasteiger partial charge in [0.15, 0.2) is 5.76 Å². The van der Waals surface area contributed by atoms with Crippen LogP contribution in [0.15, 0.2) is 79.1 Å². The first kappa shape index (κ1) is 23.3. The predicted octanol–water partition coefficient (Wildman–Crippen LogP) is 7.56. The molecule has 1 amide bonds. The second-order valence-corrected chi connectivity index (χ2v) is 10.1. The minimum absolute atomic E-state index is 0.192. The lowest BCUT2D eigenvalue weighted by molar-refractivity contribution is 0.0929. The second-order valence-electron chi connectivity index (χ2n) is 6.72. The Morgan fingerprint density at radius 2 is 1.91 bits per heavy atom. The third-order valence-corrected chi connectivity index (χ3v) is 6.53. The molecule has 0 aliphatic carbocycles. The Labute approximate surface area is 219 Å². The Bertz CT molecular complexity index is 1300. The average molecular weight is 689 g/mol. The highest BCUT2D eigenvalue weighted by Gasteiger charge is 2.12. The van der Waals surface area contributed by atoms with E-state index in [1.165, 1.54) is 0 Å². The molecule has 32 heavy (non-hydrogen) atoms. The quantitative estimate of drug-likeness (QED) is 0.129. The summed E-state index contributed by atoms with van der Waals surface area (Å²) in [7, 11) is 0. The van der Waals surface area contributed by atoms with Crippen molar-refractivity contribution in [3.05, 3.63) is 95.1 Å². The molecule has 162 valence electrons. The molecule has 0 aliphatic rings. The van der Waals surface area contributed by atoms with E-state index in [1.807, 2.05) is 48.5 Å². The number of rotatable bonds is 6. The van der Waals surface area contributed by atoms with Crippen LogP contribution in [0.1, 0.15) is 21.7 Å². The lowest BCUT2D eigenvalue weighted by Crippen LogP contribution is -2.16. The van der Waals surface area contributed by atoms with E-state index in [4.69, 9.17) is 20.8 Å². The van der Waals surface area contributed by atoms with Crippen LogP contribution >= 0.6 is 66.1 Å². The number of amides is 1. The highest BCUT2D eigenvalue weighted by Crippen LogP contribution is 2.32. The molecule has 1 N–H and O–H groups in total. The average Bonchev–Trinajstić information content (AvgIpc) is 3.18. The lowest BCUT2D eigenvalue weighted by Gasteiger charge is -2.11. The van der Waals surface area contributed by atoms with Gasteiger partial charge >= 0.3 is 5.91 Å². The number of carbonyl (C=O) groups is 1. The number of hydrogen-bond acceptors (Lipinski definition) is 4. The summed E-state index contributed by atoms with van der Waals surface area (Å²) in [6, 6.07) is 18.5. The molecule has 0 bridgehead atoms. The van der Waals surface area contributed by atoms with Crippen molar-refractivity contribution in [2.45, 2.75) is 6.61 Å². The lowest BCUT2D eigenvalue weighted by atomic mass is 10.2. The fourth-order valence-corrected chi connectivity index (χ4v) is 5.15. The number of carbonyl (C=O) groups excluding carboxylic acids is 1. The third-order valence-electron chi connectivity index (χ3n) is 4.40. The maximum absolute atomic E-state index is 12.3. The van der Waals surface area contributed by atoms with Crippen molar-refractivity contribution in [2.75, 3.05) is 0 Å². The van der Waals surface area contributed by atoms with Crippen LogP contribution in [0.3, 0.4) is 0 Å². The number of hydrogen-bond donors (Lipinski definition) is 1. The van der Waals surface area contributed by atoms with Crippen molar-refractivity contribution in [1.29, 1.82) is 0 Å². The molecule has 0 aliphatic heterocycles. The second kappa shape index (κ2) is 10.4. The molecule has 1 aromatic heterocycles. The highest BCUT2D eigenvalue weighted by atomic mass is 127. The summed E-state index contributed by atoms with van der Waals surface area (Å²) in [5, 5.41) is 5.57. The highest BCUT2D eigenvalue weighted by molar-refractivity contribution is 14.1. The molecule has 0 fully saturated rings. The van der Waals surface area contributed by atoms with Crippen molar-refractivity contribution >= 4 is 89.1 Å². The summed E-state index contributed by atoms with van der Waals surface area (Å²) in [6.45, 7) is 0.420. The predicted molar refractivity (Wildman–Crippen MR) is 142 cm³/mol. The standard InChI is InChI=1S/C23H14Br2ClIN2O3/c24-16-3-6-20-15(9-16)10-21(32-20)23(30)29-28-11-14-7-18(25)22(19(27)8-14)31-12-13-1-4-17(26)5-2-13/h1-11H,12H2,(H,29,30)/b28-11+. The molecule has 9 heteroatoms. The van der Waals surface area contributed by atoms with E-state index in [2.05, 4.69) is 65.0 Å². The van der Waals surface area contributed by atoms with Gasteiger partial charge in [-0.05, 0) is 98.2 Å². The van der Waals surface area contributed by atoms with E-state index in [-0.39, 0.29) is 5.76 Å². The molecule has 0 spiro atoms. The maximum atomic E-state index is 12.3. The van der Waals surface area contributed by atoms with E-state index in [0.717, 1.165) is 34.8 Å². The van der Waals surface area contributed by atoms with E-state index >= 15 is 0 Å². The fourth-order valence-electron chi connectivity index (χ4n) is 2.87. The Kier molecular flexibility index (Phi) is 7.55. The first-order valence-electron chi connectivity index (χ1n) is 9.28. The number of furan rings is 1. The van der Waals surface area contributed by atoms with Crippen LogP contribution in [0.4, 0.5) is 0 Å². The molecule has 0 unspecified atom stereocenters. The van der Waals surface area contributed by atoms with Gasteiger partial charge in [-0.3, -0.25) is 4.79 Å². The summed E-state index contributed by atoms with van der Waals surface area (Å²) >= 11 is 15.1. The summed E-state index contributed by atoms with van der Waals surface area (Å²) in [4.78, 5) is 12.3. The van der Waals surface area contributed by atoms with E-state index in [1.54, 1.807) is 18.3 Å². The number of nitrogens with zero attached hydrogens (tertiary/aromatic N) is 1. The number of benzene rings is 3. The zero-order valence-electron chi connectivity index (χ0n) is 16.2.